The van der Waals surface area contributed by atoms with Gasteiger partial charge >= 0.3 is 0 Å². The molecule has 1 aromatic rings. The van der Waals surface area contributed by atoms with E-state index < -0.39 is 0 Å². The molecule has 0 saturated heterocycles. The highest BCUT2D eigenvalue weighted by Crippen LogP contribution is 2.16. The van der Waals surface area contributed by atoms with Crippen molar-refractivity contribution in [3.8, 4) is 0 Å². The first-order valence-electron chi connectivity index (χ1n) is 6.20. The van der Waals surface area contributed by atoms with Crippen molar-refractivity contribution in [1.82, 2.24) is 10.3 Å². The molecular formula is C13H20ClN3O. The Morgan fingerprint density at radius 3 is 2.83 bits per heavy atom. The van der Waals surface area contributed by atoms with Gasteiger partial charge in [0.2, 0.25) is 0 Å². The monoisotopic (exact) mass is 269 g/mol. The van der Waals surface area contributed by atoms with Gasteiger partial charge in [-0.2, -0.15) is 0 Å². The fourth-order valence-corrected chi connectivity index (χ4v) is 1.72. The SMILES string of the molecule is CC(C)CCCCNC(=O)c1cnc(N)c(Cl)c1. The van der Waals surface area contributed by atoms with E-state index in [1.54, 1.807) is 0 Å². The number of pyridine rings is 1. The van der Waals surface area contributed by atoms with E-state index in [9.17, 15) is 4.79 Å². The largest absolute Gasteiger partial charge is 0.382 e. The van der Waals surface area contributed by atoms with Crippen LogP contribution in [0.15, 0.2) is 12.3 Å². The van der Waals surface area contributed by atoms with Crippen LogP contribution in [-0.2, 0) is 0 Å². The van der Waals surface area contributed by atoms with Crippen LogP contribution in [0.3, 0.4) is 0 Å². The summed E-state index contributed by atoms with van der Waals surface area (Å²) in [7, 11) is 0. The molecule has 4 nitrogen and oxygen atoms in total. The number of amides is 1. The van der Waals surface area contributed by atoms with Crippen LogP contribution in [0.25, 0.3) is 0 Å². The highest BCUT2D eigenvalue weighted by Gasteiger charge is 2.07. The molecule has 0 atom stereocenters. The first-order valence-corrected chi connectivity index (χ1v) is 6.57. The number of carbonyl (C=O) groups is 1. The Bertz CT molecular complexity index is 407. The molecule has 0 saturated carbocycles. The third-order valence-electron chi connectivity index (χ3n) is 2.63. The Morgan fingerprint density at radius 1 is 1.50 bits per heavy atom. The quantitative estimate of drug-likeness (QED) is 0.781. The maximum Gasteiger partial charge on any atom is 0.252 e. The lowest BCUT2D eigenvalue weighted by Crippen LogP contribution is -2.24. The minimum Gasteiger partial charge on any atom is -0.382 e. The van der Waals surface area contributed by atoms with E-state index in [1.807, 2.05) is 0 Å². The van der Waals surface area contributed by atoms with E-state index >= 15 is 0 Å². The summed E-state index contributed by atoms with van der Waals surface area (Å²) in [5, 5.41) is 3.15. The summed E-state index contributed by atoms with van der Waals surface area (Å²) in [6, 6.07) is 1.54. The van der Waals surface area contributed by atoms with Crippen molar-refractivity contribution in [3.05, 3.63) is 22.8 Å². The van der Waals surface area contributed by atoms with Gasteiger partial charge < -0.3 is 11.1 Å². The van der Waals surface area contributed by atoms with Gasteiger partial charge in [-0.15, -0.1) is 0 Å². The average Bonchev–Trinajstić information content (AvgIpc) is 2.31. The molecule has 0 aromatic carbocycles. The first kappa shape index (κ1) is 14.8. The molecule has 1 rings (SSSR count). The van der Waals surface area contributed by atoms with Crippen LogP contribution in [0.1, 0.15) is 43.5 Å². The number of anilines is 1. The zero-order chi connectivity index (χ0) is 13.5. The summed E-state index contributed by atoms with van der Waals surface area (Å²) in [6.07, 6.45) is 4.73. The maximum atomic E-state index is 11.8. The normalized spacial score (nSPS) is 10.7. The first-order chi connectivity index (χ1) is 8.50. The van der Waals surface area contributed by atoms with Gasteiger partial charge in [0.25, 0.3) is 5.91 Å². The Hall–Kier alpha value is -1.29. The Morgan fingerprint density at radius 2 is 2.22 bits per heavy atom. The van der Waals surface area contributed by atoms with Crippen LogP contribution in [0, 0.1) is 5.92 Å². The van der Waals surface area contributed by atoms with Crippen molar-refractivity contribution in [2.75, 3.05) is 12.3 Å². The number of rotatable bonds is 6. The number of aromatic nitrogens is 1. The van der Waals surface area contributed by atoms with Crippen molar-refractivity contribution in [1.29, 1.82) is 0 Å². The number of carbonyl (C=O) groups excluding carboxylic acids is 1. The molecule has 0 spiro atoms. The van der Waals surface area contributed by atoms with Crippen molar-refractivity contribution in [2.24, 2.45) is 5.92 Å². The zero-order valence-corrected chi connectivity index (χ0v) is 11.6. The van der Waals surface area contributed by atoms with Crippen LogP contribution >= 0.6 is 11.6 Å². The molecule has 0 aliphatic rings. The Labute approximate surface area is 113 Å². The van der Waals surface area contributed by atoms with Gasteiger partial charge in [0.05, 0.1) is 10.6 Å². The van der Waals surface area contributed by atoms with Crippen LogP contribution in [-0.4, -0.2) is 17.4 Å². The fraction of sp³-hybridized carbons (Fsp3) is 0.538. The van der Waals surface area contributed by atoms with E-state index in [2.05, 4.69) is 24.1 Å². The van der Waals surface area contributed by atoms with Gasteiger partial charge in [-0.05, 0) is 18.4 Å². The minimum absolute atomic E-state index is 0.158. The number of halogens is 1. The van der Waals surface area contributed by atoms with Gasteiger partial charge in [0.1, 0.15) is 5.82 Å². The van der Waals surface area contributed by atoms with E-state index in [4.69, 9.17) is 17.3 Å². The van der Waals surface area contributed by atoms with E-state index in [-0.39, 0.29) is 11.7 Å². The molecule has 5 heteroatoms. The average molecular weight is 270 g/mol. The molecular weight excluding hydrogens is 250 g/mol. The van der Waals surface area contributed by atoms with Crippen molar-refractivity contribution in [3.63, 3.8) is 0 Å². The van der Waals surface area contributed by atoms with Crippen LogP contribution in [0.4, 0.5) is 5.82 Å². The number of nitrogen functional groups attached to an aromatic ring is 1. The standard InChI is InChI=1S/C13H20ClN3O/c1-9(2)5-3-4-6-16-13(18)10-7-11(14)12(15)17-8-10/h7-9H,3-6H2,1-2H3,(H2,15,17)(H,16,18). The van der Waals surface area contributed by atoms with Gasteiger partial charge in [-0.1, -0.05) is 38.3 Å². The number of nitrogens with two attached hydrogens (primary N) is 1. The molecule has 1 heterocycles. The summed E-state index contributed by atoms with van der Waals surface area (Å²) in [5.41, 5.74) is 5.92. The molecule has 18 heavy (non-hydrogen) atoms. The molecule has 0 fully saturated rings. The molecule has 0 unspecified atom stereocenters. The summed E-state index contributed by atoms with van der Waals surface area (Å²) in [4.78, 5) is 15.6. The maximum absolute atomic E-state index is 11.8. The lowest BCUT2D eigenvalue weighted by Gasteiger charge is -2.07. The zero-order valence-electron chi connectivity index (χ0n) is 10.9. The molecule has 100 valence electrons. The van der Waals surface area contributed by atoms with E-state index in [0.717, 1.165) is 12.8 Å². The lowest BCUT2D eigenvalue weighted by molar-refractivity contribution is 0.0952. The number of hydrogen-bond donors (Lipinski definition) is 2. The molecule has 0 aliphatic heterocycles. The second-order valence-corrected chi connectivity index (χ2v) is 5.14. The van der Waals surface area contributed by atoms with Gasteiger partial charge in [0.15, 0.2) is 0 Å². The topological polar surface area (TPSA) is 68.0 Å². The molecule has 0 aliphatic carbocycles. The number of unbranched alkanes of at least 4 members (excludes halogenated alkanes) is 1. The van der Waals surface area contributed by atoms with Crippen LogP contribution in [0.5, 0.6) is 0 Å². The second kappa shape index (κ2) is 7.21. The second-order valence-electron chi connectivity index (χ2n) is 4.74. The van der Waals surface area contributed by atoms with Crippen molar-refractivity contribution >= 4 is 23.3 Å². The molecule has 1 amide bonds. The fourth-order valence-electron chi connectivity index (χ4n) is 1.55. The minimum atomic E-state index is -0.158. The number of nitrogens with zero attached hydrogens (tertiary/aromatic N) is 1. The molecule has 3 N–H and O–H groups in total. The lowest BCUT2D eigenvalue weighted by atomic mass is 10.1. The summed E-state index contributed by atoms with van der Waals surface area (Å²) in [6.45, 7) is 5.06. The van der Waals surface area contributed by atoms with Crippen LogP contribution in [0.2, 0.25) is 5.02 Å². The summed E-state index contributed by atoms with van der Waals surface area (Å²) >= 11 is 5.81. The van der Waals surface area contributed by atoms with Crippen molar-refractivity contribution < 1.29 is 4.79 Å². The highest BCUT2D eigenvalue weighted by atomic mass is 35.5. The van der Waals surface area contributed by atoms with Gasteiger partial charge in [0, 0.05) is 12.7 Å². The summed E-state index contributed by atoms with van der Waals surface area (Å²) < 4.78 is 0. The smallest absolute Gasteiger partial charge is 0.252 e. The summed E-state index contributed by atoms with van der Waals surface area (Å²) in [5.74, 6) is 0.792. The number of hydrogen-bond acceptors (Lipinski definition) is 3. The predicted octanol–water partition coefficient (Wildman–Crippen LogP) is 2.87. The van der Waals surface area contributed by atoms with Gasteiger partial charge in [-0.3, -0.25) is 4.79 Å². The predicted molar refractivity (Wildman–Crippen MR) is 74.7 cm³/mol. The Balaban J connectivity index is 2.34. The number of nitrogens with one attached hydrogen (secondary N) is 1. The van der Waals surface area contributed by atoms with Gasteiger partial charge in [-0.25, -0.2) is 4.98 Å². The molecule has 0 radical (unpaired) electrons. The Kier molecular flexibility index (Phi) is 5.92. The molecule has 1 aromatic heterocycles. The highest BCUT2D eigenvalue weighted by molar-refractivity contribution is 6.33. The van der Waals surface area contributed by atoms with E-state index in [1.165, 1.54) is 18.7 Å². The molecule has 0 bridgehead atoms. The van der Waals surface area contributed by atoms with E-state index in [0.29, 0.717) is 23.0 Å². The van der Waals surface area contributed by atoms with Crippen molar-refractivity contribution in [2.45, 2.75) is 33.1 Å². The van der Waals surface area contributed by atoms with Crippen LogP contribution < -0.4 is 11.1 Å². The third kappa shape index (κ3) is 4.92. The third-order valence-corrected chi connectivity index (χ3v) is 2.93.